The summed E-state index contributed by atoms with van der Waals surface area (Å²) in [5.74, 6) is -0.114. The molecule has 10 heteroatoms. The topological polar surface area (TPSA) is 77.6 Å². The Morgan fingerprint density at radius 2 is 1.80 bits per heavy atom. The summed E-state index contributed by atoms with van der Waals surface area (Å²) in [4.78, 5) is 17.6. The third-order valence-electron chi connectivity index (χ3n) is 6.34. The molecule has 35 heavy (non-hydrogen) atoms. The van der Waals surface area contributed by atoms with Gasteiger partial charge in [0.25, 0.3) is 6.43 Å². The largest absolute Gasteiger partial charge is 0.321 e. The number of carbonyl (C=O) groups excluding carboxylic acids is 1. The number of rotatable bonds is 7. The van der Waals surface area contributed by atoms with Gasteiger partial charge in [-0.05, 0) is 57.4 Å². The zero-order valence-corrected chi connectivity index (χ0v) is 21.2. The third kappa shape index (κ3) is 4.71. The van der Waals surface area contributed by atoms with E-state index >= 15 is 0 Å². The number of aromatic nitrogens is 5. The van der Waals surface area contributed by atoms with E-state index in [0.717, 1.165) is 28.6 Å². The van der Waals surface area contributed by atoms with Gasteiger partial charge in [-0.3, -0.25) is 9.48 Å². The van der Waals surface area contributed by atoms with E-state index in [2.05, 4.69) is 36.4 Å². The van der Waals surface area contributed by atoms with E-state index in [1.165, 1.54) is 10.7 Å². The minimum atomic E-state index is -2.63. The van der Waals surface area contributed by atoms with Crippen LogP contribution >= 0.6 is 15.9 Å². The van der Waals surface area contributed by atoms with Crippen molar-refractivity contribution in [2.24, 2.45) is 0 Å². The number of aryl methyl sites for hydroxylation is 2. The Labute approximate surface area is 209 Å². The van der Waals surface area contributed by atoms with Crippen LogP contribution in [0.15, 0.2) is 34.8 Å². The van der Waals surface area contributed by atoms with Gasteiger partial charge in [-0.25, -0.2) is 18.4 Å². The average Bonchev–Trinajstić information content (AvgIpc) is 3.58. The van der Waals surface area contributed by atoms with Gasteiger partial charge in [0, 0.05) is 21.6 Å². The molecular weight excluding hydrogens is 518 g/mol. The van der Waals surface area contributed by atoms with Crippen molar-refractivity contribution in [3.05, 3.63) is 68.7 Å². The van der Waals surface area contributed by atoms with Crippen LogP contribution < -0.4 is 5.32 Å². The van der Waals surface area contributed by atoms with E-state index in [1.54, 1.807) is 6.92 Å². The summed E-state index contributed by atoms with van der Waals surface area (Å²) in [7, 11) is 0. The van der Waals surface area contributed by atoms with Crippen molar-refractivity contribution < 1.29 is 13.6 Å². The molecule has 1 fully saturated rings. The quantitative estimate of drug-likeness (QED) is 0.319. The maximum absolute atomic E-state index is 13.8. The molecule has 5 rings (SSSR count). The molecule has 1 amide bonds. The molecule has 0 radical (unpaired) electrons. The minimum absolute atomic E-state index is 0.0676. The Bertz CT molecular complexity index is 1420. The number of alkyl halides is 2. The lowest BCUT2D eigenvalue weighted by molar-refractivity contribution is -0.116. The summed E-state index contributed by atoms with van der Waals surface area (Å²) in [6, 6.07) is 9.47. The first-order valence-electron chi connectivity index (χ1n) is 11.5. The fourth-order valence-electron chi connectivity index (χ4n) is 4.39. The Balaban J connectivity index is 1.39. The molecule has 0 saturated heterocycles. The number of nitrogens with one attached hydrogen (secondary N) is 1. The molecule has 0 aliphatic heterocycles. The number of pyridine rings is 1. The molecule has 3 aromatic heterocycles. The first-order chi connectivity index (χ1) is 16.7. The highest BCUT2D eigenvalue weighted by Crippen LogP contribution is 2.42. The summed E-state index contributed by atoms with van der Waals surface area (Å²) >= 11 is 3.44. The molecule has 1 saturated carbocycles. The van der Waals surface area contributed by atoms with Crippen molar-refractivity contribution in [2.75, 3.05) is 5.32 Å². The average molecular weight is 543 g/mol. The summed E-state index contributed by atoms with van der Waals surface area (Å²) in [6.45, 7) is 5.85. The van der Waals surface area contributed by atoms with Gasteiger partial charge in [0.05, 0.1) is 34.7 Å². The van der Waals surface area contributed by atoms with E-state index in [-0.39, 0.29) is 23.9 Å². The molecule has 1 aromatic carbocycles. The second-order valence-corrected chi connectivity index (χ2v) is 9.95. The smallest absolute Gasteiger partial charge is 0.264 e. The molecule has 3 heterocycles. The highest BCUT2D eigenvalue weighted by atomic mass is 79.9. The number of nitrogens with zero attached hydrogens (tertiary/aromatic N) is 5. The van der Waals surface area contributed by atoms with Crippen LogP contribution in [0.4, 0.5) is 14.5 Å². The first kappa shape index (κ1) is 23.6. The van der Waals surface area contributed by atoms with Gasteiger partial charge in [-0.2, -0.15) is 10.2 Å². The zero-order chi connectivity index (χ0) is 24.9. The van der Waals surface area contributed by atoms with Crippen LogP contribution in [0.2, 0.25) is 0 Å². The molecule has 4 aromatic rings. The standard InChI is InChI=1S/C25H25BrF2N6O/c1-13-22-19(24(27)28)10-20(17-6-7-17)29-25(22)34(31-13)12-21(35)30-23-14(2)32-33(15(23)3)11-16-4-8-18(26)9-5-16/h4-5,8-10,17,24H,6-7,11-12H2,1-3H3,(H,30,35). The molecule has 0 bridgehead atoms. The minimum Gasteiger partial charge on any atom is -0.321 e. The number of amides is 1. The third-order valence-corrected chi connectivity index (χ3v) is 6.87. The summed E-state index contributed by atoms with van der Waals surface area (Å²) in [5.41, 5.74) is 4.60. The predicted octanol–water partition coefficient (Wildman–Crippen LogP) is 5.82. The van der Waals surface area contributed by atoms with Gasteiger partial charge in [0.1, 0.15) is 6.54 Å². The molecule has 0 spiro atoms. The van der Waals surface area contributed by atoms with Crippen LogP contribution in [0.3, 0.4) is 0 Å². The fourth-order valence-corrected chi connectivity index (χ4v) is 4.65. The maximum atomic E-state index is 13.8. The Morgan fingerprint density at radius 3 is 2.46 bits per heavy atom. The van der Waals surface area contributed by atoms with Crippen molar-refractivity contribution in [1.29, 1.82) is 0 Å². The van der Waals surface area contributed by atoms with E-state index in [0.29, 0.717) is 40.3 Å². The number of hydrogen-bond donors (Lipinski definition) is 1. The van der Waals surface area contributed by atoms with Crippen LogP contribution in [0.1, 0.15) is 59.1 Å². The van der Waals surface area contributed by atoms with Gasteiger partial charge in [-0.15, -0.1) is 0 Å². The van der Waals surface area contributed by atoms with Crippen LogP contribution in [0.25, 0.3) is 11.0 Å². The van der Waals surface area contributed by atoms with Crippen LogP contribution in [0.5, 0.6) is 0 Å². The van der Waals surface area contributed by atoms with Crippen molar-refractivity contribution in [1.82, 2.24) is 24.5 Å². The number of fused-ring (bicyclic) bond motifs is 1. The predicted molar refractivity (Wildman–Crippen MR) is 133 cm³/mol. The number of anilines is 1. The van der Waals surface area contributed by atoms with Crippen molar-refractivity contribution in [2.45, 2.75) is 59.0 Å². The molecule has 0 atom stereocenters. The second kappa shape index (κ2) is 9.14. The molecule has 182 valence electrons. The monoisotopic (exact) mass is 542 g/mol. The SMILES string of the molecule is Cc1nn(Cc2ccc(Br)cc2)c(C)c1NC(=O)Cn1nc(C)c2c(C(F)F)cc(C3CC3)nc21. The number of carbonyl (C=O) groups is 1. The lowest BCUT2D eigenvalue weighted by atomic mass is 10.1. The summed E-state index contributed by atoms with van der Waals surface area (Å²) < 4.78 is 31.9. The summed E-state index contributed by atoms with van der Waals surface area (Å²) in [5, 5.41) is 12.2. The number of benzene rings is 1. The highest BCUT2D eigenvalue weighted by molar-refractivity contribution is 9.10. The molecular formula is C25H25BrF2N6O. The molecule has 1 N–H and O–H groups in total. The van der Waals surface area contributed by atoms with E-state index < -0.39 is 6.43 Å². The van der Waals surface area contributed by atoms with Gasteiger partial charge in [0.2, 0.25) is 5.91 Å². The molecule has 1 aliphatic carbocycles. The number of hydrogen-bond acceptors (Lipinski definition) is 4. The highest BCUT2D eigenvalue weighted by Gasteiger charge is 2.29. The molecule has 1 aliphatic rings. The normalized spacial score (nSPS) is 13.7. The Morgan fingerprint density at radius 1 is 1.11 bits per heavy atom. The van der Waals surface area contributed by atoms with Crippen LogP contribution in [-0.4, -0.2) is 30.5 Å². The maximum Gasteiger partial charge on any atom is 0.264 e. The fraction of sp³-hybridized carbons (Fsp3) is 0.360. The van der Waals surface area contributed by atoms with Gasteiger partial charge in [0.15, 0.2) is 5.65 Å². The second-order valence-electron chi connectivity index (χ2n) is 9.03. The zero-order valence-electron chi connectivity index (χ0n) is 19.6. The van der Waals surface area contributed by atoms with Crippen molar-refractivity contribution in [3.8, 4) is 0 Å². The van der Waals surface area contributed by atoms with Gasteiger partial charge >= 0.3 is 0 Å². The van der Waals surface area contributed by atoms with Crippen LogP contribution in [-0.2, 0) is 17.9 Å². The first-order valence-corrected chi connectivity index (χ1v) is 12.2. The van der Waals surface area contributed by atoms with Crippen molar-refractivity contribution in [3.63, 3.8) is 0 Å². The molecule has 0 unspecified atom stereocenters. The molecule has 7 nitrogen and oxygen atoms in total. The Hall–Kier alpha value is -3.14. The lowest BCUT2D eigenvalue weighted by Crippen LogP contribution is -2.20. The summed E-state index contributed by atoms with van der Waals surface area (Å²) in [6.07, 6.45) is -0.750. The Kier molecular flexibility index (Phi) is 6.16. The van der Waals surface area contributed by atoms with E-state index in [4.69, 9.17) is 0 Å². The lowest BCUT2D eigenvalue weighted by Gasteiger charge is -2.09. The number of halogens is 3. The van der Waals surface area contributed by atoms with Gasteiger partial charge in [-0.1, -0.05) is 28.1 Å². The van der Waals surface area contributed by atoms with Gasteiger partial charge < -0.3 is 5.32 Å². The van der Waals surface area contributed by atoms with Crippen molar-refractivity contribution >= 4 is 38.6 Å². The van der Waals surface area contributed by atoms with E-state index in [1.807, 2.05) is 42.8 Å². The van der Waals surface area contributed by atoms with E-state index in [9.17, 15) is 13.6 Å². The van der Waals surface area contributed by atoms with Crippen LogP contribution in [0, 0.1) is 20.8 Å².